The first-order valence-corrected chi connectivity index (χ1v) is 6.21. The molecule has 1 heterocycles. The van der Waals surface area contributed by atoms with Gasteiger partial charge in [0.1, 0.15) is 5.78 Å². The Morgan fingerprint density at radius 2 is 2.06 bits per heavy atom. The van der Waals surface area contributed by atoms with Gasteiger partial charge in [0.25, 0.3) is 0 Å². The number of piperidine rings is 1. The lowest BCUT2D eigenvalue weighted by Crippen LogP contribution is -2.45. The number of ketones is 1. The van der Waals surface area contributed by atoms with Gasteiger partial charge in [-0.05, 0) is 56.6 Å². The highest BCUT2D eigenvalue weighted by Gasteiger charge is 2.39. The van der Waals surface area contributed by atoms with Crippen molar-refractivity contribution < 1.29 is 4.79 Å². The summed E-state index contributed by atoms with van der Waals surface area (Å²) in [7, 11) is 0. The minimum Gasteiger partial charge on any atom is -0.398 e. The molecule has 1 aromatic rings. The summed E-state index contributed by atoms with van der Waals surface area (Å²) in [6, 6.07) is 5.38. The molecule has 0 aliphatic carbocycles. The SMILES string of the molecule is CC(=O)C1(c2cc(Cl)ccc2N)CCNCC1. The fraction of sp³-hybridized carbons (Fsp3) is 0.462. The van der Waals surface area contributed by atoms with Crippen LogP contribution >= 0.6 is 11.6 Å². The van der Waals surface area contributed by atoms with E-state index in [0.717, 1.165) is 31.5 Å². The number of halogens is 1. The standard InChI is InChI=1S/C13H17ClN2O/c1-9(17)13(4-6-16-7-5-13)11-8-10(14)2-3-12(11)15/h2-3,8,16H,4-7,15H2,1H3. The Kier molecular flexibility index (Phi) is 3.40. The molecule has 0 bridgehead atoms. The van der Waals surface area contributed by atoms with E-state index in [1.54, 1.807) is 19.1 Å². The first-order chi connectivity index (χ1) is 8.06. The lowest BCUT2D eigenvalue weighted by atomic mass is 9.70. The highest BCUT2D eigenvalue weighted by molar-refractivity contribution is 6.30. The Balaban J connectivity index is 2.52. The van der Waals surface area contributed by atoms with Crippen LogP contribution in [0.25, 0.3) is 0 Å². The van der Waals surface area contributed by atoms with Gasteiger partial charge in [0, 0.05) is 10.7 Å². The maximum Gasteiger partial charge on any atom is 0.140 e. The number of carbonyl (C=O) groups excluding carboxylic acids is 1. The Bertz CT molecular complexity index is 439. The fourth-order valence-electron chi connectivity index (χ4n) is 2.61. The zero-order valence-corrected chi connectivity index (χ0v) is 10.7. The summed E-state index contributed by atoms with van der Waals surface area (Å²) in [5.74, 6) is 0.174. The summed E-state index contributed by atoms with van der Waals surface area (Å²) in [6.45, 7) is 3.32. The van der Waals surface area contributed by atoms with Crippen molar-refractivity contribution in [1.82, 2.24) is 5.32 Å². The molecule has 17 heavy (non-hydrogen) atoms. The molecule has 0 amide bonds. The molecule has 1 fully saturated rings. The first kappa shape index (κ1) is 12.4. The van der Waals surface area contributed by atoms with E-state index in [1.165, 1.54) is 0 Å². The second-order valence-electron chi connectivity index (χ2n) is 4.62. The zero-order chi connectivity index (χ0) is 12.5. The third-order valence-corrected chi connectivity index (χ3v) is 3.90. The molecule has 3 nitrogen and oxygen atoms in total. The number of hydrogen-bond donors (Lipinski definition) is 2. The summed E-state index contributed by atoms with van der Waals surface area (Å²) >= 11 is 6.02. The van der Waals surface area contributed by atoms with Gasteiger partial charge in [0.15, 0.2) is 0 Å². The Labute approximate surface area is 106 Å². The highest BCUT2D eigenvalue weighted by Crippen LogP contribution is 2.38. The molecule has 92 valence electrons. The van der Waals surface area contributed by atoms with Gasteiger partial charge >= 0.3 is 0 Å². The van der Waals surface area contributed by atoms with Crippen molar-refractivity contribution in [2.24, 2.45) is 0 Å². The number of benzene rings is 1. The minimum atomic E-state index is -0.458. The predicted molar refractivity (Wildman–Crippen MR) is 70.3 cm³/mol. The Hall–Kier alpha value is -1.06. The van der Waals surface area contributed by atoms with Crippen LogP contribution in [0.3, 0.4) is 0 Å². The van der Waals surface area contributed by atoms with Crippen LogP contribution in [0.2, 0.25) is 5.02 Å². The molecule has 0 aromatic heterocycles. The third kappa shape index (κ3) is 2.17. The fourth-order valence-corrected chi connectivity index (χ4v) is 2.78. The van der Waals surface area contributed by atoms with Crippen molar-refractivity contribution in [3.8, 4) is 0 Å². The lowest BCUT2D eigenvalue weighted by molar-refractivity contribution is -0.123. The average molecular weight is 253 g/mol. The van der Waals surface area contributed by atoms with Gasteiger partial charge in [-0.2, -0.15) is 0 Å². The number of hydrogen-bond acceptors (Lipinski definition) is 3. The summed E-state index contributed by atoms with van der Waals surface area (Å²) in [6.07, 6.45) is 1.57. The van der Waals surface area contributed by atoms with Gasteiger partial charge in [-0.25, -0.2) is 0 Å². The number of Topliss-reactive ketones (excluding diaryl/α,β-unsaturated/α-hetero) is 1. The normalized spacial score (nSPS) is 18.9. The van der Waals surface area contributed by atoms with E-state index in [4.69, 9.17) is 17.3 Å². The monoisotopic (exact) mass is 252 g/mol. The maximum atomic E-state index is 12.1. The van der Waals surface area contributed by atoms with E-state index in [2.05, 4.69) is 5.32 Å². The second kappa shape index (κ2) is 4.67. The summed E-state index contributed by atoms with van der Waals surface area (Å²) in [4.78, 5) is 12.1. The molecule has 3 N–H and O–H groups in total. The van der Waals surface area contributed by atoms with Gasteiger partial charge in [-0.1, -0.05) is 11.6 Å². The minimum absolute atomic E-state index is 0.174. The second-order valence-corrected chi connectivity index (χ2v) is 5.06. The topological polar surface area (TPSA) is 55.1 Å². The van der Waals surface area contributed by atoms with Crippen LogP contribution in [0.1, 0.15) is 25.3 Å². The molecule has 2 rings (SSSR count). The van der Waals surface area contributed by atoms with Gasteiger partial charge < -0.3 is 11.1 Å². The number of carbonyl (C=O) groups is 1. The average Bonchev–Trinajstić information content (AvgIpc) is 2.33. The maximum absolute atomic E-state index is 12.1. The molecule has 1 aromatic carbocycles. The van der Waals surface area contributed by atoms with Crippen molar-refractivity contribution >= 4 is 23.1 Å². The van der Waals surface area contributed by atoms with E-state index >= 15 is 0 Å². The zero-order valence-electron chi connectivity index (χ0n) is 9.92. The Morgan fingerprint density at radius 3 is 2.65 bits per heavy atom. The summed E-state index contributed by atoms with van der Waals surface area (Å²) in [5.41, 5.74) is 7.10. The van der Waals surface area contributed by atoms with Gasteiger partial charge in [-0.3, -0.25) is 4.79 Å². The molecule has 1 saturated heterocycles. The van der Waals surface area contributed by atoms with Crippen LogP contribution in [-0.2, 0) is 10.2 Å². The molecule has 0 spiro atoms. The van der Waals surface area contributed by atoms with E-state index < -0.39 is 5.41 Å². The van der Waals surface area contributed by atoms with Crippen LogP contribution in [0.5, 0.6) is 0 Å². The highest BCUT2D eigenvalue weighted by atomic mass is 35.5. The molecule has 4 heteroatoms. The van der Waals surface area contributed by atoms with Crippen LogP contribution in [-0.4, -0.2) is 18.9 Å². The molecule has 0 radical (unpaired) electrons. The molecule has 1 aliphatic rings. The number of anilines is 1. The number of nitrogens with one attached hydrogen (secondary N) is 1. The third-order valence-electron chi connectivity index (χ3n) is 3.66. The Morgan fingerprint density at radius 1 is 1.41 bits per heavy atom. The van der Waals surface area contributed by atoms with Crippen LogP contribution in [0.4, 0.5) is 5.69 Å². The smallest absolute Gasteiger partial charge is 0.140 e. The van der Waals surface area contributed by atoms with Gasteiger partial charge in [0.2, 0.25) is 0 Å². The van der Waals surface area contributed by atoms with E-state index in [9.17, 15) is 4.79 Å². The van der Waals surface area contributed by atoms with E-state index in [0.29, 0.717) is 10.7 Å². The van der Waals surface area contributed by atoms with E-state index in [1.807, 2.05) is 6.07 Å². The molecule has 0 atom stereocenters. The van der Waals surface area contributed by atoms with Crippen LogP contribution in [0.15, 0.2) is 18.2 Å². The summed E-state index contributed by atoms with van der Waals surface area (Å²) in [5, 5.41) is 3.90. The van der Waals surface area contributed by atoms with Crippen molar-refractivity contribution in [3.05, 3.63) is 28.8 Å². The predicted octanol–water partition coefficient (Wildman–Crippen LogP) is 2.13. The lowest BCUT2D eigenvalue weighted by Gasteiger charge is -2.36. The molecule has 0 unspecified atom stereocenters. The molecule has 0 saturated carbocycles. The van der Waals surface area contributed by atoms with Crippen molar-refractivity contribution in [2.45, 2.75) is 25.2 Å². The van der Waals surface area contributed by atoms with Gasteiger partial charge in [-0.15, -0.1) is 0 Å². The van der Waals surface area contributed by atoms with Crippen molar-refractivity contribution in [2.75, 3.05) is 18.8 Å². The van der Waals surface area contributed by atoms with Gasteiger partial charge in [0.05, 0.1) is 5.41 Å². The summed E-state index contributed by atoms with van der Waals surface area (Å²) < 4.78 is 0. The molecular formula is C13H17ClN2O. The molecular weight excluding hydrogens is 236 g/mol. The largest absolute Gasteiger partial charge is 0.398 e. The first-order valence-electron chi connectivity index (χ1n) is 5.83. The number of nitrogens with two attached hydrogens (primary N) is 1. The van der Waals surface area contributed by atoms with Crippen LogP contribution < -0.4 is 11.1 Å². The van der Waals surface area contributed by atoms with Crippen molar-refractivity contribution in [3.63, 3.8) is 0 Å². The number of rotatable bonds is 2. The molecule has 1 aliphatic heterocycles. The van der Waals surface area contributed by atoms with Crippen molar-refractivity contribution in [1.29, 1.82) is 0 Å². The quantitative estimate of drug-likeness (QED) is 0.793. The number of nitrogen functional groups attached to an aromatic ring is 1. The van der Waals surface area contributed by atoms with E-state index in [-0.39, 0.29) is 5.78 Å². The van der Waals surface area contributed by atoms with Crippen LogP contribution in [0, 0.1) is 0 Å².